The summed E-state index contributed by atoms with van der Waals surface area (Å²) < 4.78 is 7.75. The van der Waals surface area contributed by atoms with Crippen molar-refractivity contribution in [2.24, 2.45) is 5.73 Å². The Bertz CT molecular complexity index is 1030. The van der Waals surface area contributed by atoms with E-state index in [2.05, 4.69) is 0 Å². The number of benzene rings is 2. The van der Waals surface area contributed by atoms with Crippen molar-refractivity contribution in [2.45, 2.75) is 6.54 Å². The molecule has 3 aromatic rings. The number of fused-ring (bicyclic) bond motifs is 1. The van der Waals surface area contributed by atoms with E-state index in [1.165, 1.54) is 6.08 Å². The second-order valence-corrected chi connectivity index (χ2v) is 6.02. The molecule has 0 spiro atoms. The van der Waals surface area contributed by atoms with Crippen molar-refractivity contribution in [2.75, 3.05) is 6.61 Å². The smallest absolute Gasteiger partial charge is 0.259 e. The second kappa shape index (κ2) is 7.77. The van der Waals surface area contributed by atoms with Crippen molar-refractivity contribution >= 4 is 34.5 Å². The number of ether oxygens (including phenoxy) is 1. The van der Waals surface area contributed by atoms with Gasteiger partial charge in [-0.25, -0.2) is 0 Å². The molecule has 1 heterocycles. The molecule has 0 aliphatic carbocycles. The highest BCUT2D eigenvalue weighted by Crippen LogP contribution is 2.25. The molecule has 0 saturated heterocycles. The fourth-order valence-electron chi connectivity index (χ4n) is 2.70. The number of carbonyl (C=O) groups is 1. The molecule has 0 aliphatic rings. The Morgan fingerprint density at radius 1 is 1.23 bits per heavy atom. The average molecular weight is 366 g/mol. The molecule has 1 aromatic heterocycles. The van der Waals surface area contributed by atoms with Gasteiger partial charge < -0.3 is 15.0 Å². The fourth-order valence-corrected chi connectivity index (χ4v) is 2.90. The number of nitrogens with zero attached hydrogens (tertiary/aromatic N) is 2. The van der Waals surface area contributed by atoms with E-state index in [0.29, 0.717) is 23.9 Å². The zero-order valence-electron chi connectivity index (χ0n) is 13.9. The van der Waals surface area contributed by atoms with Gasteiger partial charge in [-0.05, 0) is 24.3 Å². The maximum Gasteiger partial charge on any atom is 0.259 e. The van der Waals surface area contributed by atoms with Crippen LogP contribution in [0.25, 0.3) is 17.0 Å². The molecule has 0 unspecified atom stereocenters. The lowest BCUT2D eigenvalue weighted by atomic mass is 10.1. The maximum atomic E-state index is 11.3. The van der Waals surface area contributed by atoms with Crippen LogP contribution in [0.3, 0.4) is 0 Å². The number of hydrogen-bond donors (Lipinski definition) is 1. The molecule has 5 nitrogen and oxygen atoms in total. The van der Waals surface area contributed by atoms with Crippen molar-refractivity contribution in [3.05, 3.63) is 70.9 Å². The second-order valence-electron chi connectivity index (χ2n) is 5.61. The van der Waals surface area contributed by atoms with Gasteiger partial charge >= 0.3 is 0 Å². The lowest BCUT2D eigenvalue weighted by Crippen LogP contribution is -2.12. The van der Waals surface area contributed by atoms with Gasteiger partial charge in [0.25, 0.3) is 5.91 Å². The highest BCUT2D eigenvalue weighted by molar-refractivity contribution is 6.32. The van der Waals surface area contributed by atoms with Gasteiger partial charge in [-0.2, -0.15) is 5.26 Å². The summed E-state index contributed by atoms with van der Waals surface area (Å²) in [6.07, 6.45) is 3.39. The average Bonchev–Trinajstić information content (AvgIpc) is 2.99. The molecular formula is C20H16ClN3O2. The third-order valence-corrected chi connectivity index (χ3v) is 4.24. The quantitative estimate of drug-likeness (QED) is 0.533. The first-order valence-corrected chi connectivity index (χ1v) is 8.34. The van der Waals surface area contributed by atoms with Gasteiger partial charge in [-0.3, -0.25) is 4.79 Å². The van der Waals surface area contributed by atoms with Crippen LogP contribution in [0, 0.1) is 11.3 Å². The molecule has 0 aliphatic heterocycles. The minimum atomic E-state index is -0.744. The van der Waals surface area contributed by atoms with E-state index in [0.717, 1.165) is 16.5 Å². The zero-order chi connectivity index (χ0) is 18.5. The maximum absolute atomic E-state index is 11.3. The first-order valence-electron chi connectivity index (χ1n) is 7.97. The Balaban J connectivity index is 1.86. The SMILES string of the molecule is N#C/C(=C/c1cn(CCOc2ccccc2Cl)c2ccccc12)C(N)=O. The van der Waals surface area contributed by atoms with Crippen molar-refractivity contribution in [1.82, 2.24) is 4.57 Å². The van der Waals surface area contributed by atoms with E-state index in [1.807, 2.05) is 59.3 Å². The number of amides is 1. The highest BCUT2D eigenvalue weighted by Gasteiger charge is 2.10. The van der Waals surface area contributed by atoms with Crippen LogP contribution in [-0.4, -0.2) is 17.1 Å². The summed E-state index contributed by atoms with van der Waals surface area (Å²) in [4.78, 5) is 11.3. The number of aromatic nitrogens is 1. The van der Waals surface area contributed by atoms with Crippen LogP contribution >= 0.6 is 11.6 Å². The van der Waals surface area contributed by atoms with Crippen LogP contribution < -0.4 is 10.5 Å². The molecule has 0 saturated carbocycles. The molecule has 130 valence electrons. The summed E-state index contributed by atoms with van der Waals surface area (Å²) >= 11 is 6.09. The molecule has 6 heteroatoms. The molecule has 2 aromatic carbocycles. The summed E-state index contributed by atoms with van der Waals surface area (Å²) in [6.45, 7) is 1.00. The van der Waals surface area contributed by atoms with E-state index in [9.17, 15) is 4.79 Å². The molecule has 0 radical (unpaired) electrons. The number of carbonyl (C=O) groups excluding carboxylic acids is 1. The van der Waals surface area contributed by atoms with Gasteiger partial charge in [0.05, 0.1) is 11.6 Å². The summed E-state index contributed by atoms with van der Waals surface area (Å²) in [6, 6.07) is 16.9. The van der Waals surface area contributed by atoms with E-state index in [-0.39, 0.29) is 5.57 Å². The van der Waals surface area contributed by atoms with Gasteiger partial charge in [-0.15, -0.1) is 0 Å². The number of halogens is 1. The van der Waals surface area contributed by atoms with E-state index >= 15 is 0 Å². The van der Waals surface area contributed by atoms with E-state index in [4.69, 9.17) is 27.3 Å². The van der Waals surface area contributed by atoms with Gasteiger partial charge in [-0.1, -0.05) is 41.9 Å². The first kappa shape index (κ1) is 17.6. The minimum absolute atomic E-state index is 0.0831. The summed E-state index contributed by atoms with van der Waals surface area (Å²) in [5.41, 5.74) is 6.89. The Morgan fingerprint density at radius 2 is 1.96 bits per heavy atom. The van der Waals surface area contributed by atoms with Crippen molar-refractivity contribution < 1.29 is 9.53 Å². The standard InChI is InChI=1S/C20H16ClN3O2/c21-17-6-2-4-8-19(17)26-10-9-24-13-15(11-14(12-22)20(23)25)16-5-1-3-7-18(16)24/h1-8,11,13H,9-10H2,(H2,23,25)/b14-11-. The van der Waals surface area contributed by atoms with Crippen LogP contribution in [0.5, 0.6) is 5.75 Å². The van der Waals surface area contributed by atoms with E-state index < -0.39 is 5.91 Å². The largest absolute Gasteiger partial charge is 0.490 e. The number of nitrogens with two attached hydrogens (primary N) is 1. The Morgan fingerprint density at radius 3 is 2.69 bits per heavy atom. The molecule has 26 heavy (non-hydrogen) atoms. The summed E-state index contributed by atoms with van der Waals surface area (Å²) in [5.74, 6) is -0.113. The minimum Gasteiger partial charge on any atom is -0.490 e. The Hall–Kier alpha value is -3.23. The topological polar surface area (TPSA) is 81.0 Å². The Labute approximate surface area is 155 Å². The molecule has 0 atom stereocenters. The fraction of sp³-hybridized carbons (Fsp3) is 0.100. The van der Waals surface area contributed by atoms with E-state index in [1.54, 1.807) is 6.07 Å². The predicted molar refractivity (Wildman–Crippen MR) is 102 cm³/mol. The van der Waals surface area contributed by atoms with Gasteiger partial charge in [0.15, 0.2) is 0 Å². The number of primary amides is 1. The van der Waals surface area contributed by atoms with Crippen LogP contribution in [0.15, 0.2) is 60.3 Å². The molecule has 0 fully saturated rings. The van der Waals surface area contributed by atoms with Crippen molar-refractivity contribution in [3.8, 4) is 11.8 Å². The van der Waals surface area contributed by atoms with Gasteiger partial charge in [0.2, 0.25) is 0 Å². The molecule has 3 rings (SSSR count). The molecule has 0 bridgehead atoms. The number of para-hydroxylation sites is 2. The van der Waals surface area contributed by atoms with Gasteiger partial charge in [0.1, 0.15) is 24.0 Å². The number of rotatable bonds is 6. The molecule has 1 amide bonds. The van der Waals surface area contributed by atoms with Crippen LogP contribution in [-0.2, 0) is 11.3 Å². The summed E-state index contributed by atoms with van der Waals surface area (Å²) in [5, 5.41) is 10.6. The summed E-state index contributed by atoms with van der Waals surface area (Å²) in [7, 11) is 0. The highest BCUT2D eigenvalue weighted by atomic mass is 35.5. The first-order chi connectivity index (χ1) is 12.6. The lowest BCUT2D eigenvalue weighted by Gasteiger charge is -2.09. The monoisotopic (exact) mass is 365 g/mol. The lowest BCUT2D eigenvalue weighted by molar-refractivity contribution is -0.114. The molecule has 2 N–H and O–H groups in total. The number of nitriles is 1. The third kappa shape index (κ3) is 3.71. The van der Waals surface area contributed by atoms with Crippen LogP contribution in [0.2, 0.25) is 5.02 Å². The van der Waals surface area contributed by atoms with Crippen molar-refractivity contribution in [1.29, 1.82) is 5.26 Å². The number of hydrogen-bond acceptors (Lipinski definition) is 3. The third-order valence-electron chi connectivity index (χ3n) is 3.93. The molecular weight excluding hydrogens is 350 g/mol. The predicted octanol–water partition coefficient (Wildman–Crippen LogP) is 3.77. The zero-order valence-corrected chi connectivity index (χ0v) is 14.6. The van der Waals surface area contributed by atoms with Crippen LogP contribution in [0.1, 0.15) is 5.56 Å². The van der Waals surface area contributed by atoms with Gasteiger partial charge in [0, 0.05) is 22.7 Å². The Kier molecular flexibility index (Phi) is 5.26. The van der Waals surface area contributed by atoms with Crippen LogP contribution in [0.4, 0.5) is 0 Å². The van der Waals surface area contributed by atoms with Crippen molar-refractivity contribution in [3.63, 3.8) is 0 Å². The normalized spacial score (nSPS) is 11.3.